The largest absolute Gasteiger partial charge is 0.482 e. The number of hydrogen-bond acceptors (Lipinski definition) is 5. The zero-order valence-electron chi connectivity index (χ0n) is 18.9. The molecular weight excluding hydrogens is 431 g/mol. The third kappa shape index (κ3) is 3.00. The van der Waals surface area contributed by atoms with Crippen LogP contribution in [0.5, 0.6) is 5.75 Å². The molecule has 8 heteroatoms. The summed E-state index contributed by atoms with van der Waals surface area (Å²) < 4.78 is 24.3. The topological polar surface area (TPSA) is 83.8 Å². The zero-order chi connectivity index (χ0) is 23.6. The van der Waals surface area contributed by atoms with Crippen LogP contribution in [0.25, 0.3) is 22.5 Å². The highest BCUT2D eigenvalue weighted by Crippen LogP contribution is 2.48. The second kappa shape index (κ2) is 7.45. The van der Waals surface area contributed by atoms with Gasteiger partial charge in [0, 0.05) is 53.2 Å². The van der Waals surface area contributed by atoms with Crippen molar-refractivity contribution in [2.75, 3.05) is 5.73 Å². The first-order chi connectivity index (χ1) is 16.4. The molecule has 3 aromatic heterocycles. The van der Waals surface area contributed by atoms with Crippen LogP contribution in [0.3, 0.4) is 0 Å². The SMILES string of the molecule is C#CCn1nc2c3c1-c1cnc(N)c(c1)O[C@H](C)c1cc(F)ccc1-c1nn(C)cc1C3CC2. The molecule has 1 aromatic carbocycles. The van der Waals surface area contributed by atoms with Crippen LogP contribution in [-0.2, 0) is 20.0 Å². The molecule has 1 aliphatic carbocycles. The fourth-order valence-corrected chi connectivity index (χ4v) is 5.31. The lowest BCUT2D eigenvalue weighted by molar-refractivity contribution is 0.227. The molecule has 0 spiro atoms. The Labute approximate surface area is 196 Å². The molecule has 7 nitrogen and oxygen atoms in total. The number of nitrogens with two attached hydrogens (primary N) is 1. The molecule has 34 heavy (non-hydrogen) atoms. The van der Waals surface area contributed by atoms with Gasteiger partial charge in [0.05, 0.1) is 17.1 Å². The van der Waals surface area contributed by atoms with Crippen LogP contribution >= 0.6 is 0 Å². The van der Waals surface area contributed by atoms with Gasteiger partial charge in [0.25, 0.3) is 0 Å². The number of anilines is 1. The molecule has 2 bridgehead atoms. The lowest BCUT2D eigenvalue weighted by Gasteiger charge is -2.22. The van der Waals surface area contributed by atoms with Crippen molar-refractivity contribution in [3.05, 3.63) is 64.9 Å². The highest BCUT2D eigenvalue weighted by Gasteiger charge is 2.36. The summed E-state index contributed by atoms with van der Waals surface area (Å²) in [5.74, 6) is 3.14. The predicted octanol–water partition coefficient (Wildman–Crippen LogP) is 4.23. The van der Waals surface area contributed by atoms with Gasteiger partial charge < -0.3 is 10.5 Å². The minimum Gasteiger partial charge on any atom is -0.482 e. The molecule has 0 amide bonds. The summed E-state index contributed by atoms with van der Waals surface area (Å²) in [6.45, 7) is 2.22. The molecule has 0 saturated heterocycles. The van der Waals surface area contributed by atoms with E-state index in [0.29, 0.717) is 17.9 Å². The monoisotopic (exact) mass is 454 g/mol. The molecule has 0 fully saturated rings. The normalized spacial score (nSPS) is 18.1. The lowest BCUT2D eigenvalue weighted by atomic mass is 9.88. The third-order valence-electron chi connectivity index (χ3n) is 6.72. The molecule has 0 saturated carbocycles. The number of fused-ring (bicyclic) bond motifs is 7. The van der Waals surface area contributed by atoms with E-state index in [0.717, 1.165) is 52.2 Å². The van der Waals surface area contributed by atoms with E-state index in [9.17, 15) is 4.39 Å². The van der Waals surface area contributed by atoms with Crippen LogP contribution in [0.1, 0.15) is 47.8 Å². The van der Waals surface area contributed by atoms with Crippen molar-refractivity contribution >= 4 is 5.82 Å². The summed E-state index contributed by atoms with van der Waals surface area (Å²) in [6.07, 6.45) is 10.7. The third-order valence-corrected chi connectivity index (χ3v) is 6.72. The quantitative estimate of drug-likeness (QED) is 0.435. The number of pyridine rings is 1. The van der Waals surface area contributed by atoms with Crippen LogP contribution in [0.2, 0.25) is 0 Å². The summed E-state index contributed by atoms with van der Waals surface area (Å²) in [5.41, 5.74) is 13.5. The second-order valence-corrected chi connectivity index (χ2v) is 8.87. The Morgan fingerprint density at radius 3 is 2.94 bits per heavy atom. The standard InChI is InChI=1S/C26H23FN6O/c1-4-9-33-25-15-10-22(26(28)29-12-15)34-14(2)19-11-16(27)5-6-18(19)24-20(13-32(3)31-24)17-7-8-21(30-33)23(17)25/h1,5-6,10-14,17H,7-9H2,2-3H3,(H2,28,29)/t14-,17?/m1/s1. The van der Waals surface area contributed by atoms with Gasteiger partial charge in [-0.2, -0.15) is 10.2 Å². The lowest BCUT2D eigenvalue weighted by Crippen LogP contribution is -2.11. The van der Waals surface area contributed by atoms with Gasteiger partial charge in [-0.3, -0.25) is 9.36 Å². The molecule has 1 aliphatic heterocycles. The van der Waals surface area contributed by atoms with E-state index in [1.54, 1.807) is 12.3 Å². The number of rotatable bonds is 1. The van der Waals surface area contributed by atoms with E-state index in [2.05, 4.69) is 17.1 Å². The Kier molecular flexibility index (Phi) is 4.49. The number of terminal acetylenes is 1. The fraction of sp³-hybridized carbons (Fsp3) is 0.269. The van der Waals surface area contributed by atoms with Crippen molar-refractivity contribution in [2.45, 2.75) is 38.3 Å². The zero-order valence-corrected chi connectivity index (χ0v) is 18.9. The van der Waals surface area contributed by atoms with Gasteiger partial charge in [-0.25, -0.2) is 9.37 Å². The second-order valence-electron chi connectivity index (χ2n) is 8.87. The average Bonchev–Trinajstić information content (AvgIpc) is 3.48. The molecule has 2 atom stereocenters. The van der Waals surface area contributed by atoms with Crippen molar-refractivity contribution in [1.82, 2.24) is 24.5 Å². The average molecular weight is 455 g/mol. The Morgan fingerprint density at radius 1 is 1.26 bits per heavy atom. The van der Waals surface area contributed by atoms with Gasteiger partial charge >= 0.3 is 0 Å². The minimum absolute atomic E-state index is 0.0646. The van der Waals surface area contributed by atoms with Gasteiger partial charge in [-0.05, 0) is 44.0 Å². The summed E-state index contributed by atoms with van der Waals surface area (Å²) in [7, 11) is 1.90. The molecule has 1 unspecified atom stereocenters. The first kappa shape index (κ1) is 20.5. The van der Waals surface area contributed by atoms with E-state index in [4.69, 9.17) is 27.1 Å². The van der Waals surface area contributed by atoms with E-state index < -0.39 is 6.10 Å². The molecule has 2 N–H and O–H groups in total. The summed E-state index contributed by atoms with van der Waals surface area (Å²) in [6, 6.07) is 6.62. The van der Waals surface area contributed by atoms with E-state index >= 15 is 0 Å². The Bertz CT molecular complexity index is 1490. The maximum Gasteiger partial charge on any atom is 0.166 e. The Morgan fingerprint density at radius 2 is 2.12 bits per heavy atom. The number of benzene rings is 1. The minimum atomic E-state index is -0.492. The van der Waals surface area contributed by atoms with Crippen molar-refractivity contribution in [2.24, 2.45) is 7.05 Å². The van der Waals surface area contributed by atoms with Crippen LogP contribution < -0.4 is 10.5 Å². The van der Waals surface area contributed by atoms with Gasteiger partial charge in [0.15, 0.2) is 11.6 Å². The van der Waals surface area contributed by atoms with Gasteiger partial charge in [-0.1, -0.05) is 5.92 Å². The van der Waals surface area contributed by atoms with Crippen molar-refractivity contribution in [3.63, 3.8) is 0 Å². The number of ether oxygens (including phenoxy) is 1. The van der Waals surface area contributed by atoms with Gasteiger partial charge in [-0.15, -0.1) is 6.42 Å². The number of aromatic nitrogens is 5. The Balaban J connectivity index is 1.70. The molecule has 2 aliphatic rings. The fourth-order valence-electron chi connectivity index (χ4n) is 5.31. The molecule has 170 valence electrons. The first-order valence-corrected chi connectivity index (χ1v) is 11.2. The van der Waals surface area contributed by atoms with E-state index in [1.165, 1.54) is 12.1 Å². The molecule has 0 radical (unpaired) electrons. The van der Waals surface area contributed by atoms with E-state index in [-0.39, 0.29) is 17.6 Å². The van der Waals surface area contributed by atoms with Crippen LogP contribution in [0.4, 0.5) is 10.2 Å². The maximum atomic E-state index is 14.4. The summed E-state index contributed by atoms with van der Waals surface area (Å²) in [5, 5.41) is 9.67. The van der Waals surface area contributed by atoms with E-state index in [1.807, 2.05) is 29.4 Å². The Hall–Kier alpha value is -4.12. The molecule has 6 rings (SSSR count). The van der Waals surface area contributed by atoms with Gasteiger partial charge in [0.1, 0.15) is 18.5 Å². The van der Waals surface area contributed by atoms with Crippen molar-refractivity contribution in [1.29, 1.82) is 0 Å². The molecule has 4 aromatic rings. The van der Waals surface area contributed by atoms with Crippen molar-refractivity contribution < 1.29 is 9.13 Å². The van der Waals surface area contributed by atoms with Crippen LogP contribution in [0.15, 0.2) is 36.7 Å². The number of nitrogen functional groups attached to an aromatic ring is 1. The first-order valence-electron chi connectivity index (χ1n) is 11.2. The number of nitrogens with zero attached hydrogens (tertiary/aromatic N) is 5. The van der Waals surface area contributed by atoms with Crippen molar-refractivity contribution in [3.8, 4) is 40.6 Å². The number of halogens is 1. The molecule has 4 heterocycles. The summed E-state index contributed by atoms with van der Waals surface area (Å²) in [4.78, 5) is 4.41. The summed E-state index contributed by atoms with van der Waals surface area (Å²) >= 11 is 0. The number of aryl methyl sites for hydroxylation is 2. The number of hydrogen-bond donors (Lipinski definition) is 1. The van der Waals surface area contributed by atoms with Crippen LogP contribution in [0, 0.1) is 18.2 Å². The van der Waals surface area contributed by atoms with Crippen LogP contribution in [-0.4, -0.2) is 24.5 Å². The highest BCUT2D eigenvalue weighted by molar-refractivity contribution is 5.74. The highest BCUT2D eigenvalue weighted by atomic mass is 19.1. The predicted molar refractivity (Wildman–Crippen MR) is 127 cm³/mol. The smallest absolute Gasteiger partial charge is 0.166 e. The molecular formula is C26H23FN6O. The van der Waals surface area contributed by atoms with Gasteiger partial charge in [0.2, 0.25) is 0 Å². The maximum absolute atomic E-state index is 14.4.